The number of imidazole rings is 1. The van der Waals surface area contributed by atoms with Crippen molar-refractivity contribution >= 4 is 17.0 Å². The highest BCUT2D eigenvalue weighted by Crippen LogP contribution is 2.29. The second-order valence-electron chi connectivity index (χ2n) is 5.58. The molecule has 2 atom stereocenters. The van der Waals surface area contributed by atoms with Gasteiger partial charge >= 0.3 is 5.97 Å². The van der Waals surface area contributed by atoms with Gasteiger partial charge in [0.15, 0.2) is 0 Å². The molecule has 5 heteroatoms. The number of carboxylic acid groups (broad SMARTS) is 1. The van der Waals surface area contributed by atoms with E-state index in [4.69, 9.17) is 0 Å². The van der Waals surface area contributed by atoms with E-state index in [0.717, 1.165) is 37.1 Å². The van der Waals surface area contributed by atoms with Crippen LogP contribution >= 0.6 is 0 Å². The van der Waals surface area contributed by atoms with E-state index in [1.165, 1.54) is 0 Å². The molecule has 1 aliphatic carbocycles. The zero-order chi connectivity index (χ0) is 14.3. The van der Waals surface area contributed by atoms with Crippen LogP contribution in [0, 0.1) is 12.8 Å². The van der Waals surface area contributed by atoms with Gasteiger partial charge < -0.3 is 14.8 Å². The van der Waals surface area contributed by atoms with Gasteiger partial charge in [-0.2, -0.15) is 0 Å². The average Bonchev–Trinajstić information content (AvgIpc) is 2.94. The second kappa shape index (κ2) is 4.90. The van der Waals surface area contributed by atoms with Crippen LogP contribution in [0.15, 0.2) is 18.2 Å². The van der Waals surface area contributed by atoms with E-state index >= 15 is 0 Å². The molecule has 3 rings (SSSR count). The highest BCUT2D eigenvalue weighted by atomic mass is 16.4. The van der Waals surface area contributed by atoms with Gasteiger partial charge in [-0.25, -0.2) is 9.78 Å². The lowest BCUT2D eigenvalue weighted by atomic mass is 10.1. The van der Waals surface area contributed by atoms with Crippen LogP contribution in [0.4, 0.5) is 0 Å². The molecule has 1 aromatic heterocycles. The standard InChI is InChI=1S/C15H18N2O3/c1-9-16-14-12(15(19)20)3-2-4-13(14)17(9)8-10-5-6-11(18)7-10/h2-4,10-11,18H,5-8H2,1H3,(H,19,20). The van der Waals surface area contributed by atoms with E-state index in [1.54, 1.807) is 12.1 Å². The third kappa shape index (κ3) is 2.18. The fourth-order valence-electron chi connectivity index (χ4n) is 3.14. The molecular weight excluding hydrogens is 256 g/mol. The maximum Gasteiger partial charge on any atom is 0.337 e. The molecule has 20 heavy (non-hydrogen) atoms. The summed E-state index contributed by atoms with van der Waals surface area (Å²) in [6.45, 7) is 2.69. The van der Waals surface area contributed by atoms with E-state index in [9.17, 15) is 15.0 Å². The van der Waals surface area contributed by atoms with E-state index in [0.29, 0.717) is 11.4 Å². The first-order chi connectivity index (χ1) is 9.56. The predicted octanol–water partition coefficient (Wildman–Crippen LogP) is 2.20. The van der Waals surface area contributed by atoms with Crippen molar-refractivity contribution < 1.29 is 15.0 Å². The lowest BCUT2D eigenvalue weighted by molar-refractivity contribution is 0.0699. The Bertz CT molecular complexity index is 662. The van der Waals surface area contributed by atoms with Crippen molar-refractivity contribution in [2.24, 2.45) is 5.92 Å². The fourth-order valence-corrected chi connectivity index (χ4v) is 3.14. The van der Waals surface area contributed by atoms with Crippen LogP contribution in [0.5, 0.6) is 0 Å². The van der Waals surface area contributed by atoms with Gasteiger partial charge in [-0.05, 0) is 44.2 Å². The summed E-state index contributed by atoms with van der Waals surface area (Å²) < 4.78 is 2.07. The normalized spacial score (nSPS) is 22.5. The monoisotopic (exact) mass is 274 g/mol. The van der Waals surface area contributed by atoms with Crippen LogP contribution in [0.1, 0.15) is 35.4 Å². The summed E-state index contributed by atoms with van der Waals surface area (Å²) in [5, 5.41) is 18.8. The lowest BCUT2D eigenvalue weighted by Gasteiger charge is -2.13. The largest absolute Gasteiger partial charge is 0.478 e. The molecule has 2 aromatic rings. The summed E-state index contributed by atoms with van der Waals surface area (Å²) in [6, 6.07) is 5.25. The van der Waals surface area contributed by atoms with Crippen molar-refractivity contribution in [2.45, 2.75) is 38.8 Å². The molecule has 0 spiro atoms. The molecular formula is C15H18N2O3. The molecule has 0 amide bonds. The van der Waals surface area contributed by atoms with Gasteiger partial charge in [0.05, 0.1) is 17.2 Å². The molecule has 0 saturated heterocycles. The van der Waals surface area contributed by atoms with Gasteiger partial charge in [0.2, 0.25) is 0 Å². The van der Waals surface area contributed by atoms with Crippen molar-refractivity contribution in [3.8, 4) is 0 Å². The third-order valence-electron chi connectivity index (χ3n) is 4.15. The number of hydrogen-bond acceptors (Lipinski definition) is 3. The summed E-state index contributed by atoms with van der Waals surface area (Å²) in [6.07, 6.45) is 2.50. The number of aryl methyl sites for hydroxylation is 1. The first-order valence-electron chi connectivity index (χ1n) is 6.93. The molecule has 1 fully saturated rings. The van der Waals surface area contributed by atoms with Gasteiger partial charge in [0.1, 0.15) is 11.3 Å². The summed E-state index contributed by atoms with van der Waals surface area (Å²) in [5.41, 5.74) is 1.66. The first-order valence-corrected chi connectivity index (χ1v) is 6.93. The Morgan fingerprint density at radius 2 is 2.25 bits per heavy atom. The number of aromatic carboxylic acids is 1. The van der Waals surface area contributed by atoms with Crippen LogP contribution in [-0.4, -0.2) is 31.8 Å². The summed E-state index contributed by atoms with van der Waals surface area (Å²) in [5.74, 6) is 0.321. The van der Waals surface area contributed by atoms with E-state index in [1.807, 2.05) is 13.0 Å². The number of nitrogens with zero attached hydrogens (tertiary/aromatic N) is 2. The average molecular weight is 274 g/mol. The number of fused-ring (bicyclic) bond motifs is 1. The molecule has 1 aliphatic rings. The molecule has 2 N–H and O–H groups in total. The summed E-state index contributed by atoms with van der Waals surface area (Å²) in [4.78, 5) is 15.7. The Hall–Kier alpha value is -1.88. The third-order valence-corrected chi connectivity index (χ3v) is 4.15. The first kappa shape index (κ1) is 13.1. The maximum absolute atomic E-state index is 11.2. The number of aliphatic hydroxyl groups excluding tert-OH is 1. The van der Waals surface area contributed by atoms with Crippen LogP contribution in [0.25, 0.3) is 11.0 Å². The van der Waals surface area contributed by atoms with E-state index in [2.05, 4.69) is 9.55 Å². The highest BCUT2D eigenvalue weighted by Gasteiger charge is 2.24. The Labute approximate surface area is 116 Å². The summed E-state index contributed by atoms with van der Waals surface area (Å²) in [7, 11) is 0. The van der Waals surface area contributed by atoms with Crippen molar-refractivity contribution in [3.05, 3.63) is 29.6 Å². The van der Waals surface area contributed by atoms with Crippen LogP contribution < -0.4 is 0 Å². The molecule has 1 aromatic carbocycles. The minimum atomic E-state index is -0.948. The zero-order valence-corrected chi connectivity index (χ0v) is 11.4. The van der Waals surface area contributed by atoms with Gasteiger partial charge in [-0.1, -0.05) is 6.07 Å². The quantitative estimate of drug-likeness (QED) is 0.899. The molecule has 0 bridgehead atoms. The van der Waals surface area contributed by atoms with Crippen LogP contribution in [0.2, 0.25) is 0 Å². The Morgan fingerprint density at radius 3 is 2.90 bits per heavy atom. The number of carboxylic acids is 1. The van der Waals surface area contributed by atoms with Gasteiger partial charge in [-0.15, -0.1) is 0 Å². The number of aromatic nitrogens is 2. The molecule has 2 unspecified atom stereocenters. The Morgan fingerprint density at radius 1 is 1.45 bits per heavy atom. The van der Waals surface area contributed by atoms with Crippen LogP contribution in [0.3, 0.4) is 0 Å². The number of para-hydroxylation sites is 1. The van der Waals surface area contributed by atoms with Gasteiger partial charge in [-0.3, -0.25) is 0 Å². The minimum Gasteiger partial charge on any atom is -0.478 e. The van der Waals surface area contributed by atoms with Gasteiger partial charge in [0.25, 0.3) is 0 Å². The van der Waals surface area contributed by atoms with Crippen molar-refractivity contribution in [2.75, 3.05) is 0 Å². The minimum absolute atomic E-state index is 0.190. The molecule has 5 nitrogen and oxygen atoms in total. The molecule has 0 radical (unpaired) electrons. The van der Waals surface area contributed by atoms with Gasteiger partial charge in [0, 0.05) is 6.54 Å². The smallest absolute Gasteiger partial charge is 0.337 e. The summed E-state index contributed by atoms with van der Waals surface area (Å²) >= 11 is 0. The maximum atomic E-state index is 11.2. The number of aliphatic hydroxyl groups is 1. The SMILES string of the molecule is Cc1nc2c(C(=O)O)cccc2n1CC1CCC(O)C1. The lowest BCUT2D eigenvalue weighted by Crippen LogP contribution is -2.10. The Kier molecular flexibility index (Phi) is 3.22. The van der Waals surface area contributed by atoms with Crippen molar-refractivity contribution in [3.63, 3.8) is 0 Å². The topological polar surface area (TPSA) is 75.3 Å². The number of rotatable bonds is 3. The molecule has 1 heterocycles. The number of hydrogen-bond donors (Lipinski definition) is 2. The highest BCUT2D eigenvalue weighted by molar-refractivity contribution is 6.01. The zero-order valence-electron chi connectivity index (χ0n) is 11.4. The molecule has 0 aliphatic heterocycles. The van der Waals surface area contributed by atoms with E-state index in [-0.39, 0.29) is 11.7 Å². The fraction of sp³-hybridized carbons (Fsp3) is 0.467. The molecule has 1 saturated carbocycles. The number of carbonyl (C=O) groups is 1. The van der Waals surface area contributed by atoms with Crippen molar-refractivity contribution in [1.82, 2.24) is 9.55 Å². The van der Waals surface area contributed by atoms with Crippen LogP contribution in [-0.2, 0) is 6.54 Å². The van der Waals surface area contributed by atoms with Crippen molar-refractivity contribution in [1.29, 1.82) is 0 Å². The number of benzene rings is 1. The molecule has 106 valence electrons. The predicted molar refractivity (Wildman–Crippen MR) is 74.8 cm³/mol. The van der Waals surface area contributed by atoms with E-state index < -0.39 is 5.97 Å². The second-order valence-corrected chi connectivity index (χ2v) is 5.58. The Balaban J connectivity index is 2.01.